The van der Waals surface area contributed by atoms with Crippen molar-refractivity contribution in [2.75, 3.05) is 14.1 Å². The van der Waals surface area contributed by atoms with Gasteiger partial charge in [0.25, 0.3) is 0 Å². The average molecular weight is 178 g/mol. The topological polar surface area (TPSA) is 29.3 Å². The number of nitrogens with zero attached hydrogens (tertiary/aromatic N) is 1. The van der Waals surface area contributed by atoms with Crippen LogP contribution in [0, 0.1) is 0 Å². The third-order valence-corrected chi connectivity index (χ3v) is 2.61. The van der Waals surface area contributed by atoms with Gasteiger partial charge >= 0.3 is 0 Å². The van der Waals surface area contributed by atoms with Gasteiger partial charge in [0.1, 0.15) is 0 Å². The van der Waals surface area contributed by atoms with Gasteiger partial charge in [-0.05, 0) is 26.1 Å². The molecule has 1 atom stereocenters. The first-order valence-electron chi connectivity index (χ1n) is 4.63. The fourth-order valence-electron chi connectivity index (χ4n) is 1.51. The lowest BCUT2D eigenvalue weighted by atomic mass is 9.96. The molecule has 0 amide bonds. The van der Waals surface area contributed by atoms with Crippen LogP contribution in [0.15, 0.2) is 30.3 Å². The maximum Gasteiger partial charge on any atom is 0.0942 e. The van der Waals surface area contributed by atoms with Crippen LogP contribution in [-0.4, -0.2) is 19.0 Å². The van der Waals surface area contributed by atoms with Crippen LogP contribution in [0.3, 0.4) is 0 Å². The third kappa shape index (κ3) is 1.90. The Morgan fingerprint density at radius 3 is 2.15 bits per heavy atom. The van der Waals surface area contributed by atoms with Crippen LogP contribution < -0.4 is 5.73 Å². The van der Waals surface area contributed by atoms with E-state index in [9.17, 15) is 0 Å². The highest BCUT2D eigenvalue weighted by Crippen LogP contribution is 2.23. The molecule has 0 aliphatic heterocycles. The number of hydrogen-bond donors (Lipinski definition) is 1. The van der Waals surface area contributed by atoms with Crippen molar-refractivity contribution < 1.29 is 0 Å². The molecule has 0 radical (unpaired) electrons. The quantitative estimate of drug-likeness (QED) is 0.715. The smallest absolute Gasteiger partial charge is 0.0942 e. The van der Waals surface area contributed by atoms with Crippen molar-refractivity contribution in [1.29, 1.82) is 0 Å². The summed E-state index contributed by atoms with van der Waals surface area (Å²) in [7, 11) is 4.02. The fourth-order valence-corrected chi connectivity index (χ4v) is 1.51. The summed E-state index contributed by atoms with van der Waals surface area (Å²) < 4.78 is 0. The van der Waals surface area contributed by atoms with Gasteiger partial charge in [-0.2, -0.15) is 0 Å². The standard InChI is InChI=1S/C11H18N2/c1-4-11(12,13(2)3)10-8-6-5-7-9-10/h5-9H,4,12H2,1-3H3. The lowest BCUT2D eigenvalue weighted by Gasteiger charge is -2.35. The summed E-state index contributed by atoms with van der Waals surface area (Å²) in [5, 5.41) is 0. The van der Waals surface area contributed by atoms with Crippen molar-refractivity contribution in [1.82, 2.24) is 4.90 Å². The molecular weight excluding hydrogens is 160 g/mol. The molecule has 0 saturated carbocycles. The minimum atomic E-state index is -0.332. The first-order chi connectivity index (χ1) is 6.11. The highest BCUT2D eigenvalue weighted by molar-refractivity contribution is 5.22. The summed E-state index contributed by atoms with van der Waals surface area (Å²) in [6.07, 6.45) is 0.907. The van der Waals surface area contributed by atoms with E-state index in [-0.39, 0.29) is 5.66 Å². The molecule has 0 aromatic heterocycles. The van der Waals surface area contributed by atoms with Gasteiger partial charge in [-0.15, -0.1) is 0 Å². The van der Waals surface area contributed by atoms with Gasteiger partial charge in [0, 0.05) is 0 Å². The average Bonchev–Trinajstić information content (AvgIpc) is 2.17. The van der Waals surface area contributed by atoms with E-state index in [0.29, 0.717) is 0 Å². The van der Waals surface area contributed by atoms with Gasteiger partial charge < -0.3 is 5.73 Å². The second-order valence-electron chi connectivity index (χ2n) is 3.54. The molecule has 1 aromatic carbocycles. The van der Waals surface area contributed by atoms with Crippen LogP contribution in [0.1, 0.15) is 18.9 Å². The molecule has 2 N–H and O–H groups in total. The van der Waals surface area contributed by atoms with Crippen LogP contribution in [0.4, 0.5) is 0 Å². The maximum atomic E-state index is 6.29. The monoisotopic (exact) mass is 178 g/mol. The molecule has 0 aliphatic rings. The molecule has 0 spiro atoms. The summed E-state index contributed by atoms with van der Waals surface area (Å²) in [5.41, 5.74) is 7.12. The van der Waals surface area contributed by atoms with E-state index in [1.54, 1.807) is 0 Å². The molecule has 1 unspecified atom stereocenters. The van der Waals surface area contributed by atoms with E-state index >= 15 is 0 Å². The zero-order valence-electron chi connectivity index (χ0n) is 8.62. The van der Waals surface area contributed by atoms with Crippen LogP contribution >= 0.6 is 0 Å². The van der Waals surface area contributed by atoms with Crippen molar-refractivity contribution in [3.8, 4) is 0 Å². The van der Waals surface area contributed by atoms with E-state index in [1.165, 1.54) is 5.56 Å². The molecule has 1 aromatic rings. The van der Waals surface area contributed by atoms with Crippen molar-refractivity contribution in [3.63, 3.8) is 0 Å². The van der Waals surface area contributed by atoms with Gasteiger partial charge in [0.2, 0.25) is 0 Å². The Kier molecular flexibility index (Phi) is 3.07. The Hall–Kier alpha value is -0.860. The van der Waals surface area contributed by atoms with E-state index in [2.05, 4.69) is 24.0 Å². The number of hydrogen-bond acceptors (Lipinski definition) is 2. The Morgan fingerprint density at radius 1 is 1.23 bits per heavy atom. The molecule has 2 heteroatoms. The highest BCUT2D eigenvalue weighted by atomic mass is 15.2. The highest BCUT2D eigenvalue weighted by Gasteiger charge is 2.26. The molecule has 72 valence electrons. The molecule has 0 heterocycles. The summed E-state index contributed by atoms with van der Waals surface area (Å²) >= 11 is 0. The molecule has 13 heavy (non-hydrogen) atoms. The Bertz CT molecular complexity index is 256. The predicted molar refractivity (Wildman–Crippen MR) is 56.3 cm³/mol. The van der Waals surface area contributed by atoms with Crippen molar-refractivity contribution >= 4 is 0 Å². The molecule has 0 aliphatic carbocycles. The van der Waals surface area contributed by atoms with Crippen molar-refractivity contribution in [3.05, 3.63) is 35.9 Å². The first kappa shape index (κ1) is 10.2. The van der Waals surface area contributed by atoms with E-state index in [4.69, 9.17) is 5.73 Å². The number of nitrogens with two attached hydrogens (primary N) is 1. The van der Waals surface area contributed by atoms with Crippen LogP contribution in [0.25, 0.3) is 0 Å². The predicted octanol–water partition coefficient (Wildman–Crippen LogP) is 1.77. The molecule has 0 bridgehead atoms. The zero-order chi connectivity index (χ0) is 9.90. The van der Waals surface area contributed by atoms with Gasteiger partial charge in [0.15, 0.2) is 0 Å². The Morgan fingerprint density at radius 2 is 1.77 bits per heavy atom. The largest absolute Gasteiger partial charge is 0.309 e. The van der Waals surface area contributed by atoms with Gasteiger partial charge in [-0.1, -0.05) is 37.3 Å². The second-order valence-corrected chi connectivity index (χ2v) is 3.54. The van der Waals surface area contributed by atoms with Gasteiger partial charge in [-0.3, -0.25) is 4.90 Å². The van der Waals surface area contributed by atoms with Gasteiger partial charge in [-0.25, -0.2) is 0 Å². The fraction of sp³-hybridized carbons (Fsp3) is 0.455. The Labute approximate surface area is 80.4 Å². The summed E-state index contributed by atoms with van der Waals surface area (Å²) in [6, 6.07) is 10.2. The Balaban J connectivity index is 3.03. The van der Waals surface area contributed by atoms with E-state index in [1.807, 2.05) is 32.3 Å². The van der Waals surface area contributed by atoms with E-state index in [0.717, 1.165) is 6.42 Å². The molecular formula is C11H18N2. The van der Waals surface area contributed by atoms with Crippen LogP contribution in [0.2, 0.25) is 0 Å². The molecule has 1 rings (SSSR count). The summed E-state index contributed by atoms with van der Waals surface area (Å²) in [6.45, 7) is 2.10. The van der Waals surface area contributed by atoms with Crippen LogP contribution in [0.5, 0.6) is 0 Å². The third-order valence-electron chi connectivity index (χ3n) is 2.61. The summed E-state index contributed by atoms with van der Waals surface area (Å²) in [5.74, 6) is 0. The van der Waals surface area contributed by atoms with Crippen molar-refractivity contribution in [2.24, 2.45) is 5.73 Å². The summed E-state index contributed by atoms with van der Waals surface area (Å²) in [4.78, 5) is 2.06. The number of rotatable bonds is 3. The first-order valence-corrected chi connectivity index (χ1v) is 4.63. The molecule has 0 saturated heterocycles. The van der Waals surface area contributed by atoms with Crippen molar-refractivity contribution in [2.45, 2.75) is 19.0 Å². The minimum Gasteiger partial charge on any atom is -0.309 e. The normalized spacial score (nSPS) is 15.8. The second kappa shape index (κ2) is 3.90. The maximum absolute atomic E-state index is 6.29. The minimum absolute atomic E-state index is 0.332. The van der Waals surface area contributed by atoms with Crippen LogP contribution in [-0.2, 0) is 5.66 Å². The molecule has 2 nitrogen and oxygen atoms in total. The number of benzene rings is 1. The zero-order valence-corrected chi connectivity index (χ0v) is 8.62. The lowest BCUT2D eigenvalue weighted by Crippen LogP contribution is -2.48. The lowest BCUT2D eigenvalue weighted by molar-refractivity contribution is 0.152. The van der Waals surface area contributed by atoms with Gasteiger partial charge in [0.05, 0.1) is 5.66 Å². The van der Waals surface area contributed by atoms with E-state index < -0.39 is 0 Å². The molecule has 0 fully saturated rings. The SMILES string of the molecule is CCC(N)(c1ccccc1)N(C)C.